The molecule has 136 valence electrons. The summed E-state index contributed by atoms with van der Waals surface area (Å²) in [5, 5.41) is 4.18. The van der Waals surface area contributed by atoms with Crippen molar-refractivity contribution in [3.05, 3.63) is 30.5 Å². The van der Waals surface area contributed by atoms with Crippen molar-refractivity contribution in [2.45, 2.75) is 33.2 Å². The van der Waals surface area contributed by atoms with Gasteiger partial charge in [-0.3, -0.25) is 9.69 Å². The van der Waals surface area contributed by atoms with E-state index in [1.54, 1.807) is 0 Å². The van der Waals surface area contributed by atoms with Crippen LogP contribution < -0.4 is 5.32 Å². The standard InChI is InChI=1S/C20H29N3O2/c1-16(2)3-6-20(24)21-18-4-5-19-17(15-18)7-8-23(19)10-9-22-11-13-25-14-12-22/h4-5,7-8,15-16H,3,6,9-14H2,1-2H3,(H,21,24). The van der Waals surface area contributed by atoms with E-state index >= 15 is 0 Å². The highest BCUT2D eigenvalue weighted by Crippen LogP contribution is 2.21. The number of carbonyl (C=O) groups excluding carboxylic acids is 1. The molecule has 25 heavy (non-hydrogen) atoms. The molecule has 3 rings (SSSR count). The summed E-state index contributed by atoms with van der Waals surface area (Å²) in [7, 11) is 0. The summed E-state index contributed by atoms with van der Waals surface area (Å²) < 4.78 is 7.69. The number of hydrogen-bond donors (Lipinski definition) is 1. The number of nitrogens with one attached hydrogen (secondary N) is 1. The van der Waals surface area contributed by atoms with Crippen LogP contribution in [-0.4, -0.2) is 48.2 Å². The quantitative estimate of drug-likeness (QED) is 0.839. The minimum Gasteiger partial charge on any atom is -0.379 e. The van der Waals surface area contributed by atoms with E-state index in [2.05, 4.69) is 53.0 Å². The summed E-state index contributed by atoms with van der Waals surface area (Å²) in [6.45, 7) is 10.0. The second-order valence-corrected chi connectivity index (χ2v) is 7.22. The smallest absolute Gasteiger partial charge is 0.224 e. The van der Waals surface area contributed by atoms with Gasteiger partial charge in [0.1, 0.15) is 0 Å². The van der Waals surface area contributed by atoms with Gasteiger partial charge < -0.3 is 14.6 Å². The molecule has 0 saturated carbocycles. The summed E-state index contributed by atoms with van der Waals surface area (Å²) >= 11 is 0. The molecular weight excluding hydrogens is 314 g/mol. The molecule has 1 aromatic carbocycles. The number of ether oxygens (including phenoxy) is 1. The van der Waals surface area contributed by atoms with Crippen molar-refractivity contribution in [3.63, 3.8) is 0 Å². The molecule has 1 aromatic heterocycles. The molecular formula is C20H29N3O2. The lowest BCUT2D eigenvalue weighted by Crippen LogP contribution is -2.38. The maximum atomic E-state index is 12.0. The Morgan fingerprint density at radius 1 is 1.20 bits per heavy atom. The Balaban J connectivity index is 1.59. The van der Waals surface area contributed by atoms with Gasteiger partial charge in [-0.05, 0) is 36.6 Å². The van der Waals surface area contributed by atoms with E-state index in [-0.39, 0.29) is 5.91 Å². The van der Waals surface area contributed by atoms with Crippen molar-refractivity contribution in [1.82, 2.24) is 9.47 Å². The summed E-state index contributed by atoms with van der Waals surface area (Å²) in [4.78, 5) is 14.4. The first-order chi connectivity index (χ1) is 12.1. The van der Waals surface area contributed by atoms with E-state index in [4.69, 9.17) is 4.74 Å². The summed E-state index contributed by atoms with van der Waals surface area (Å²) in [6.07, 6.45) is 3.64. The second-order valence-electron chi connectivity index (χ2n) is 7.22. The first kappa shape index (κ1) is 18.0. The number of rotatable bonds is 7. The largest absolute Gasteiger partial charge is 0.379 e. The van der Waals surface area contributed by atoms with Crippen LogP contribution in [-0.2, 0) is 16.1 Å². The Labute approximate surface area is 149 Å². The number of anilines is 1. The average Bonchev–Trinajstić information content (AvgIpc) is 3.01. The van der Waals surface area contributed by atoms with Gasteiger partial charge in [0.25, 0.3) is 0 Å². The third-order valence-electron chi connectivity index (χ3n) is 4.76. The van der Waals surface area contributed by atoms with Gasteiger partial charge in [0.15, 0.2) is 0 Å². The van der Waals surface area contributed by atoms with Gasteiger partial charge in [-0.25, -0.2) is 0 Å². The molecule has 1 N–H and O–H groups in total. The highest BCUT2D eigenvalue weighted by molar-refractivity contribution is 5.93. The Hall–Kier alpha value is -1.85. The maximum absolute atomic E-state index is 12.0. The van der Waals surface area contributed by atoms with E-state index in [0.29, 0.717) is 12.3 Å². The van der Waals surface area contributed by atoms with Crippen LogP contribution in [0, 0.1) is 5.92 Å². The second kappa shape index (κ2) is 8.50. The SMILES string of the molecule is CC(C)CCC(=O)Nc1ccc2c(ccn2CCN2CCOCC2)c1. The fourth-order valence-corrected chi connectivity index (χ4v) is 3.19. The molecule has 5 nitrogen and oxygen atoms in total. The molecule has 1 amide bonds. The number of nitrogens with zero attached hydrogens (tertiary/aromatic N) is 2. The molecule has 0 spiro atoms. The maximum Gasteiger partial charge on any atom is 0.224 e. The third kappa shape index (κ3) is 5.06. The molecule has 1 aliphatic heterocycles. The lowest BCUT2D eigenvalue weighted by atomic mass is 10.1. The predicted molar refractivity (Wildman–Crippen MR) is 102 cm³/mol. The summed E-state index contributed by atoms with van der Waals surface area (Å²) in [5.41, 5.74) is 2.10. The van der Waals surface area contributed by atoms with Crippen molar-refractivity contribution in [2.75, 3.05) is 38.2 Å². The lowest BCUT2D eigenvalue weighted by Gasteiger charge is -2.26. The minimum absolute atomic E-state index is 0.0970. The summed E-state index contributed by atoms with van der Waals surface area (Å²) in [6, 6.07) is 8.29. The van der Waals surface area contributed by atoms with Crippen molar-refractivity contribution >= 4 is 22.5 Å². The Morgan fingerprint density at radius 2 is 2.00 bits per heavy atom. The number of morpholine rings is 1. The number of hydrogen-bond acceptors (Lipinski definition) is 3. The zero-order chi connectivity index (χ0) is 17.6. The van der Waals surface area contributed by atoms with E-state index < -0.39 is 0 Å². The Morgan fingerprint density at radius 3 is 2.76 bits per heavy atom. The van der Waals surface area contributed by atoms with Crippen LogP contribution in [0.25, 0.3) is 10.9 Å². The van der Waals surface area contributed by atoms with Crippen LogP contribution in [0.2, 0.25) is 0 Å². The number of fused-ring (bicyclic) bond motifs is 1. The van der Waals surface area contributed by atoms with Gasteiger partial charge in [-0.15, -0.1) is 0 Å². The van der Waals surface area contributed by atoms with Crippen LogP contribution in [0.5, 0.6) is 0 Å². The average molecular weight is 343 g/mol. The molecule has 0 atom stereocenters. The van der Waals surface area contributed by atoms with Crippen LogP contribution in [0.4, 0.5) is 5.69 Å². The normalized spacial score (nSPS) is 15.8. The van der Waals surface area contributed by atoms with Crippen molar-refractivity contribution in [1.29, 1.82) is 0 Å². The first-order valence-corrected chi connectivity index (χ1v) is 9.30. The first-order valence-electron chi connectivity index (χ1n) is 9.30. The molecule has 1 fully saturated rings. The van der Waals surface area contributed by atoms with Crippen molar-refractivity contribution in [2.24, 2.45) is 5.92 Å². The van der Waals surface area contributed by atoms with Crippen LogP contribution in [0.15, 0.2) is 30.5 Å². The zero-order valence-electron chi connectivity index (χ0n) is 15.3. The molecule has 1 aliphatic rings. The monoisotopic (exact) mass is 343 g/mol. The van der Waals surface area contributed by atoms with Crippen LogP contribution in [0.1, 0.15) is 26.7 Å². The van der Waals surface area contributed by atoms with Crippen molar-refractivity contribution in [3.8, 4) is 0 Å². The van der Waals surface area contributed by atoms with Gasteiger partial charge in [-0.2, -0.15) is 0 Å². The molecule has 0 aliphatic carbocycles. The van der Waals surface area contributed by atoms with E-state index in [1.165, 1.54) is 10.9 Å². The molecule has 0 bridgehead atoms. The van der Waals surface area contributed by atoms with Gasteiger partial charge in [0, 0.05) is 55.4 Å². The van der Waals surface area contributed by atoms with Gasteiger partial charge >= 0.3 is 0 Å². The number of carbonyl (C=O) groups is 1. The number of amides is 1. The number of benzene rings is 1. The Bertz CT molecular complexity index is 702. The highest BCUT2D eigenvalue weighted by Gasteiger charge is 2.11. The molecule has 2 heterocycles. The zero-order valence-corrected chi connectivity index (χ0v) is 15.3. The van der Waals surface area contributed by atoms with Crippen LogP contribution >= 0.6 is 0 Å². The number of aromatic nitrogens is 1. The fourth-order valence-electron chi connectivity index (χ4n) is 3.19. The molecule has 2 aromatic rings. The lowest BCUT2D eigenvalue weighted by molar-refractivity contribution is -0.116. The molecule has 1 saturated heterocycles. The van der Waals surface area contributed by atoms with Gasteiger partial charge in [0.05, 0.1) is 13.2 Å². The fraction of sp³-hybridized carbons (Fsp3) is 0.550. The van der Waals surface area contributed by atoms with Gasteiger partial charge in [0.2, 0.25) is 5.91 Å². The highest BCUT2D eigenvalue weighted by atomic mass is 16.5. The van der Waals surface area contributed by atoms with Gasteiger partial charge in [-0.1, -0.05) is 13.8 Å². The minimum atomic E-state index is 0.0970. The molecule has 5 heteroatoms. The topological polar surface area (TPSA) is 46.5 Å². The summed E-state index contributed by atoms with van der Waals surface area (Å²) in [5.74, 6) is 0.647. The molecule has 0 unspecified atom stereocenters. The van der Waals surface area contributed by atoms with E-state index in [1.807, 2.05) is 6.07 Å². The molecule has 0 radical (unpaired) electrons. The predicted octanol–water partition coefficient (Wildman–Crippen LogP) is 3.35. The van der Waals surface area contributed by atoms with Crippen molar-refractivity contribution < 1.29 is 9.53 Å². The van der Waals surface area contributed by atoms with E-state index in [9.17, 15) is 4.79 Å². The third-order valence-corrected chi connectivity index (χ3v) is 4.76. The van der Waals surface area contributed by atoms with E-state index in [0.717, 1.165) is 51.5 Å². The Kier molecular flexibility index (Phi) is 6.10. The van der Waals surface area contributed by atoms with Crippen LogP contribution in [0.3, 0.4) is 0 Å².